The lowest BCUT2D eigenvalue weighted by Gasteiger charge is -2.30. The van der Waals surface area contributed by atoms with Gasteiger partial charge in [-0.15, -0.1) is 0 Å². The van der Waals surface area contributed by atoms with Gasteiger partial charge in [0.25, 0.3) is 0 Å². The number of hydrogen-bond donors (Lipinski definition) is 0. The third-order valence-corrected chi connectivity index (χ3v) is 9.03. The fourth-order valence-electron chi connectivity index (χ4n) is 7.53. The molecular formula is C38H22N2. The Labute approximate surface area is 232 Å². The molecule has 0 fully saturated rings. The van der Waals surface area contributed by atoms with Crippen molar-refractivity contribution in [3.8, 4) is 34.0 Å². The van der Waals surface area contributed by atoms with Gasteiger partial charge in [0.05, 0.1) is 28.1 Å². The standard InChI is InChI=1S/C38H22N2/c39-23-24-18-19-34-29(20-24)26-12-4-7-15-32(26)38(34)33-16-8-5-13-27(33)30-21-31-28-14-6-9-17-36(28)40(37(31)22-35(30)38)25-10-2-1-3-11-25/h1-22H. The van der Waals surface area contributed by atoms with Gasteiger partial charge in [0.15, 0.2) is 0 Å². The highest BCUT2D eigenvalue weighted by Crippen LogP contribution is 2.63. The zero-order valence-electron chi connectivity index (χ0n) is 21.6. The zero-order valence-corrected chi connectivity index (χ0v) is 21.6. The molecule has 2 aliphatic carbocycles. The molecule has 2 nitrogen and oxygen atoms in total. The molecular weight excluding hydrogens is 484 g/mol. The molecule has 1 unspecified atom stereocenters. The molecule has 1 atom stereocenters. The Hall–Kier alpha value is -5.39. The minimum Gasteiger partial charge on any atom is -0.309 e. The highest BCUT2D eigenvalue weighted by molar-refractivity contribution is 6.12. The van der Waals surface area contributed by atoms with Crippen LogP contribution in [0.5, 0.6) is 0 Å². The summed E-state index contributed by atoms with van der Waals surface area (Å²) in [4.78, 5) is 0. The van der Waals surface area contributed by atoms with E-state index < -0.39 is 5.41 Å². The van der Waals surface area contributed by atoms with Crippen molar-refractivity contribution in [1.82, 2.24) is 4.57 Å². The van der Waals surface area contributed by atoms with Crippen molar-refractivity contribution in [3.63, 3.8) is 0 Å². The molecule has 0 aliphatic heterocycles. The van der Waals surface area contributed by atoms with Crippen LogP contribution in [0.4, 0.5) is 0 Å². The topological polar surface area (TPSA) is 28.7 Å². The van der Waals surface area contributed by atoms with Crippen LogP contribution in [0.3, 0.4) is 0 Å². The minimum absolute atomic E-state index is 0.446. The molecule has 2 aliphatic rings. The summed E-state index contributed by atoms with van der Waals surface area (Å²) in [6, 6.07) is 50.5. The molecule has 0 bridgehead atoms. The molecule has 6 aromatic carbocycles. The molecule has 2 heteroatoms. The van der Waals surface area contributed by atoms with Gasteiger partial charge < -0.3 is 4.57 Å². The third kappa shape index (κ3) is 2.48. The summed E-state index contributed by atoms with van der Waals surface area (Å²) >= 11 is 0. The van der Waals surface area contributed by atoms with E-state index in [1.165, 1.54) is 60.8 Å². The smallest absolute Gasteiger partial charge is 0.0991 e. The van der Waals surface area contributed by atoms with Crippen LogP contribution in [0.1, 0.15) is 27.8 Å². The average Bonchev–Trinajstić information content (AvgIpc) is 3.61. The first-order valence-corrected chi connectivity index (χ1v) is 13.7. The number of aromatic nitrogens is 1. The van der Waals surface area contributed by atoms with Crippen molar-refractivity contribution in [2.45, 2.75) is 5.41 Å². The van der Waals surface area contributed by atoms with Gasteiger partial charge in [-0.1, -0.05) is 91.0 Å². The number of rotatable bonds is 1. The van der Waals surface area contributed by atoms with Crippen LogP contribution < -0.4 is 0 Å². The van der Waals surface area contributed by atoms with Gasteiger partial charge in [-0.2, -0.15) is 5.26 Å². The van der Waals surface area contributed by atoms with Gasteiger partial charge in [0.2, 0.25) is 0 Å². The molecule has 0 radical (unpaired) electrons. The van der Waals surface area contributed by atoms with E-state index in [1.54, 1.807) is 0 Å². The number of hydrogen-bond acceptors (Lipinski definition) is 1. The molecule has 1 aromatic heterocycles. The predicted octanol–water partition coefficient (Wildman–Crippen LogP) is 9.00. The zero-order chi connectivity index (χ0) is 26.4. The van der Waals surface area contributed by atoms with E-state index in [4.69, 9.17) is 0 Å². The van der Waals surface area contributed by atoms with Gasteiger partial charge in [0, 0.05) is 16.5 Å². The average molecular weight is 507 g/mol. The first-order chi connectivity index (χ1) is 19.8. The number of para-hydroxylation sites is 2. The van der Waals surface area contributed by atoms with Gasteiger partial charge in [-0.3, -0.25) is 0 Å². The summed E-state index contributed by atoms with van der Waals surface area (Å²) in [6.07, 6.45) is 0. The fourth-order valence-corrected chi connectivity index (χ4v) is 7.53. The maximum atomic E-state index is 9.76. The predicted molar refractivity (Wildman–Crippen MR) is 162 cm³/mol. The Morgan fingerprint density at radius 1 is 0.475 bits per heavy atom. The summed E-state index contributed by atoms with van der Waals surface area (Å²) in [7, 11) is 0. The lowest BCUT2D eigenvalue weighted by atomic mass is 9.70. The normalized spacial score (nSPS) is 16.1. The number of fused-ring (bicyclic) bond motifs is 13. The lowest BCUT2D eigenvalue weighted by Crippen LogP contribution is -2.25. The molecule has 9 rings (SSSR count). The van der Waals surface area contributed by atoms with E-state index in [1.807, 2.05) is 6.07 Å². The molecule has 0 N–H and O–H groups in total. The Kier molecular flexibility index (Phi) is 4.09. The highest BCUT2D eigenvalue weighted by atomic mass is 15.0. The van der Waals surface area contributed by atoms with Crippen molar-refractivity contribution < 1.29 is 0 Å². The monoisotopic (exact) mass is 506 g/mol. The van der Waals surface area contributed by atoms with Crippen LogP contribution in [0, 0.1) is 11.3 Å². The quantitative estimate of drug-likeness (QED) is 0.218. The largest absolute Gasteiger partial charge is 0.309 e. The van der Waals surface area contributed by atoms with Crippen molar-refractivity contribution in [1.29, 1.82) is 5.26 Å². The van der Waals surface area contributed by atoms with Gasteiger partial charge in [-0.05, 0) is 87.0 Å². The Bertz CT molecular complexity index is 2230. The summed E-state index contributed by atoms with van der Waals surface area (Å²) < 4.78 is 2.40. The maximum Gasteiger partial charge on any atom is 0.0991 e. The summed E-state index contributed by atoms with van der Waals surface area (Å²) in [5.74, 6) is 0. The second-order valence-electron chi connectivity index (χ2n) is 10.8. The van der Waals surface area contributed by atoms with Gasteiger partial charge >= 0.3 is 0 Å². The van der Waals surface area contributed by atoms with Crippen LogP contribution in [0.25, 0.3) is 49.7 Å². The van der Waals surface area contributed by atoms with E-state index in [0.29, 0.717) is 5.56 Å². The second kappa shape index (κ2) is 7.59. The Morgan fingerprint density at radius 3 is 1.85 bits per heavy atom. The third-order valence-electron chi connectivity index (χ3n) is 9.03. The number of benzene rings is 6. The number of nitrogens with zero attached hydrogens (tertiary/aromatic N) is 2. The minimum atomic E-state index is -0.446. The molecule has 0 saturated carbocycles. The van der Waals surface area contributed by atoms with Crippen LogP contribution in [-0.4, -0.2) is 4.57 Å². The van der Waals surface area contributed by atoms with Crippen LogP contribution >= 0.6 is 0 Å². The second-order valence-corrected chi connectivity index (χ2v) is 10.8. The van der Waals surface area contributed by atoms with Crippen molar-refractivity contribution in [2.75, 3.05) is 0 Å². The van der Waals surface area contributed by atoms with E-state index in [-0.39, 0.29) is 0 Å². The molecule has 1 spiro atoms. The first-order valence-electron chi connectivity index (χ1n) is 13.7. The Morgan fingerprint density at radius 2 is 1.10 bits per heavy atom. The van der Waals surface area contributed by atoms with E-state index in [0.717, 1.165) is 11.3 Å². The summed E-state index contributed by atoms with van der Waals surface area (Å²) in [6.45, 7) is 0. The van der Waals surface area contributed by atoms with Crippen LogP contribution in [0.15, 0.2) is 133 Å². The van der Waals surface area contributed by atoms with E-state index in [2.05, 4.69) is 138 Å². The maximum absolute atomic E-state index is 9.76. The van der Waals surface area contributed by atoms with Crippen molar-refractivity contribution in [3.05, 3.63) is 161 Å². The Balaban J connectivity index is 1.49. The first kappa shape index (κ1) is 21.5. The molecule has 184 valence electrons. The fraction of sp³-hybridized carbons (Fsp3) is 0.0263. The van der Waals surface area contributed by atoms with Gasteiger partial charge in [0.1, 0.15) is 0 Å². The number of nitriles is 1. The van der Waals surface area contributed by atoms with E-state index >= 15 is 0 Å². The lowest BCUT2D eigenvalue weighted by molar-refractivity contribution is 0.794. The molecule has 0 amide bonds. The molecule has 40 heavy (non-hydrogen) atoms. The van der Waals surface area contributed by atoms with Crippen molar-refractivity contribution in [2.24, 2.45) is 0 Å². The van der Waals surface area contributed by atoms with Crippen LogP contribution in [0.2, 0.25) is 0 Å². The van der Waals surface area contributed by atoms with Crippen LogP contribution in [-0.2, 0) is 5.41 Å². The molecule has 0 saturated heterocycles. The SMILES string of the molecule is N#Cc1ccc2c(c1)-c1ccccc1C21c2ccccc2-c2cc3c4ccccc4n(-c4ccccc4)c3cc21. The van der Waals surface area contributed by atoms with E-state index in [9.17, 15) is 5.26 Å². The summed E-state index contributed by atoms with van der Waals surface area (Å²) in [5.41, 5.74) is 13.9. The molecule has 7 aromatic rings. The highest BCUT2D eigenvalue weighted by Gasteiger charge is 2.51. The summed E-state index contributed by atoms with van der Waals surface area (Å²) in [5, 5.41) is 12.3. The van der Waals surface area contributed by atoms with Crippen molar-refractivity contribution >= 4 is 21.8 Å². The molecule has 1 heterocycles. The van der Waals surface area contributed by atoms with Gasteiger partial charge in [-0.25, -0.2) is 0 Å².